The normalized spacial score (nSPS) is 18.5. The summed E-state index contributed by atoms with van der Waals surface area (Å²) in [6.45, 7) is 7.86. The van der Waals surface area contributed by atoms with Crippen molar-refractivity contribution in [3.63, 3.8) is 0 Å². The van der Waals surface area contributed by atoms with Crippen LogP contribution < -0.4 is 4.90 Å². The van der Waals surface area contributed by atoms with Gasteiger partial charge in [-0.3, -0.25) is 0 Å². The Morgan fingerprint density at radius 2 is 1.88 bits per heavy atom. The molecule has 2 aromatic rings. The third-order valence-electron chi connectivity index (χ3n) is 5.15. The van der Waals surface area contributed by atoms with Crippen molar-refractivity contribution in [2.45, 2.75) is 19.1 Å². The third-order valence-corrected chi connectivity index (χ3v) is 6.14. The first kappa shape index (κ1) is 16.0. The number of aryl methyl sites for hydroxylation is 1. The average molecular weight is 340 g/mol. The summed E-state index contributed by atoms with van der Waals surface area (Å²) >= 11 is 2.03. The fourth-order valence-corrected chi connectivity index (χ4v) is 4.66. The van der Waals surface area contributed by atoms with Crippen molar-refractivity contribution in [1.82, 2.24) is 9.88 Å². The molecule has 0 amide bonds. The number of likely N-dealkylation sites (N-methyl/N-ethyl adjacent to an activating group) is 1. The first-order chi connectivity index (χ1) is 11.8. The van der Waals surface area contributed by atoms with Gasteiger partial charge in [0, 0.05) is 37.6 Å². The molecule has 1 fully saturated rings. The lowest BCUT2D eigenvalue weighted by atomic mass is 9.98. The van der Waals surface area contributed by atoms with Gasteiger partial charge in [-0.05, 0) is 41.5 Å². The van der Waals surface area contributed by atoms with Gasteiger partial charge < -0.3 is 9.80 Å². The minimum Gasteiger partial charge on any atom is -0.354 e. The van der Waals surface area contributed by atoms with Gasteiger partial charge in [-0.1, -0.05) is 37.3 Å². The topological polar surface area (TPSA) is 19.4 Å². The van der Waals surface area contributed by atoms with Gasteiger partial charge in [-0.2, -0.15) is 11.8 Å². The molecule has 24 heavy (non-hydrogen) atoms. The highest BCUT2D eigenvalue weighted by molar-refractivity contribution is 7.98. The van der Waals surface area contributed by atoms with Crippen LogP contribution in [0.4, 0.5) is 5.82 Å². The summed E-state index contributed by atoms with van der Waals surface area (Å²) in [6, 6.07) is 13.2. The lowest BCUT2D eigenvalue weighted by Gasteiger charge is -2.35. The molecule has 2 aliphatic rings. The summed E-state index contributed by atoms with van der Waals surface area (Å²) in [5, 5.41) is 0. The molecule has 0 bridgehead atoms. The second kappa shape index (κ2) is 7.16. The number of fused-ring (bicyclic) bond motifs is 1. The van der Waals surface area contributed by atoms with Crippen LogP contribution in [-0.4, -0.2) is 48.4 Å². The SMILES string of the molecule is CCN1CCN(c2cc(-c3ccccc3)c3c(n2)CCSC3)CC1. The number of hydrogen-bond acceptors (Lipinski definition) is 4. The minimum absolute atomic E-state index is 1.09. The predicted octanol–water partition coefficient (Wildman–Crippen LogP) is 3.68. The molecular formula is C20H25N3S. The van der Waals surface area contributed by atoms with Crippen molar-refractivity contribution in [2.24, 2.45) is 0 Å². The second-order valence-corrected chi connectivity index (χ2v) is 7.65. The van der Waals surface area contributed by atoms with Crippen LogP contribution >= 0.6 is 11.8 Å². The van der Waals surface area contributed by atoms with E-state index in [0.717, 1.165) is 44.9 Å². The zero-order chi connectivity index (χ0) is 16.4. The number of thioether (sulfide) groups is 1. The van der Waals surface area contributed by atoms with E-state index in [1.54, 1.807) is 0 Å². The zero-order valence-corrected chi connectivity index (χ0v) is 15.2. The van der Waals surface area contributed by atoms with Gasteiger partial charge in [-0.15, -0.1) is 0 Å². The molecule has 1 saturated heterocycles. The highest BCUT2D eigenvalue weighted by Crippen LogP contribution is 2.35. The van der Waals surface area contributed by atoms with Gasteiger partial charge >= 0.3 is 0 Å². The van der Waals surface area contributed by atoms with Gasteiger partial charge in [0.25, 0.3) is 0 Å². The van der Waals surface area contributed by atoms with E-state index in [1.807, 2.05) is 11.8 Å². The van der Waals surface area contributed by atoms with Crippen molar-refractivity contribution in [1.29, 1.82) is 0 Å². The van der Waals surface area contributed by atoms with Crippen LogP contribution in [0, 0.1) is 0 Å². The first-order valence-electron chi connectivity index (χ1n) is 8.98. The first-order valence-corrected chi connectivity index (χ1v) is 10.1. The summed E-state index contributed by atoms with van der Waals surface area (Å²) in [5.41, 5.74) is 5.49. The van der Waals surface area contributed by atoms with E-state index >= 15 is 0 Å². The molecule has 0 aliphatic carbocycles. The number of nitrogens with zero attached hydrogens (tertiary/aromatic N) is 3. The molecule has 0 atom stereocenters. The number of rotatable bonds is 3. The molecule has 0 saturated carbocycles. The molecule has 3 heterocycles. The van der Waals surface area contributed by atoms with Crippen molar-refractivity contribution < 1.29 is 0 Å². The fourth-order valence-electron chi connectivity index (χ4n) is 3.65. The Morgan fingerprint density at radius 1 is 1.08 bits per heavy atom. The number of piperazine rings is 1. The molecule has 126 valence electrons. The molecule has 0 unspecified atom stereocenters. The molecule has 0 radical (unpaired) electrons. The molecular weight excluding hydrogens is 314 g/mol. The van der Waals surface area contributed by atoms with Gasteiger partial charge in [-0.25, -0.2) is 4.98 Å². The van der Waals surface area contributed by atoms with E-state index in [-0.39, 0.29) is 0 Å². The Balaban J connectivity index is 1.71. The minimum atomic E-state index is 1.09. The standard InChI is InChI=1S/C20H25N3S/c1-2-22-9-11-23(12-10-22)20-14-17(16-6-4-3-5-7-16)18-15-24-13-8-19(18)21-20/h3-7,14H,2,8-13,15H2,1H3. The molecule has 0 N–H and O–H groups in total. The number of anilines is 1. The number of hydrogen-bond donors (Lipinski definition) is 0. The highest BCUT2D eigenvalue weighted by atomic mass is 32.2. The van der Waals surface area contributed by atoms with Crippen molar-refractivity contribution >= 4 is 17.6 Å². The van der Waals surface area contributed by atoms with E-state index in [0.29, 0.717) is 0 Å². The maximum absolute atomic E-state index is 5.07. The summed E-state index contributed by atoms with van der Waals surface area (Å²) in [4.78, 5) is 10.1. The Hall–Kier alpha value is -1.52. The van der Waals surface area contributed by atoms with Crippen molar-refractivity contribution in [3.05, 3.63) is 47.7 Å². The Bertz CT molecular complexity index is 694. The molecule has 0 spiro atoms. The van der Waals surface area contributed by atoms with Crippen LogP contribution in [0.15, 0.2) is 36.4 Å². The quantitative estimate of drug-likeness (QED) is 0.849. The number of pyridine rings is 1. The maximum Gasteiger partial charge on any atom is 0.129 e. The third kappa shape index (κ3) is 3.17. The summed E-state index contributed by atoms with van der Waals surface area (Å²) in [6.07, 6.45) is 1.10. The van der Waals surface area contributed by atoms with E-state index in [1.165, 1.54) is 34.0 Å². The van der Waals surface area contributed by atoms with E-state index in [2.05, 4.69) is 53.1 Å². The summed E-state index contributed by atoms with van der Waals surface area (Å²) in [5.74, 6) is 3.47. The number of aromatic nitrogens is 1. The largest absolute Gasteiger partial charge is 0.354 e. The predicted molar refractivity (Wildman–Crippen MR) is 104 cm³/mol. The lowest BCUT2D eigenvalue weighted by Crippen LogP contribution is -2.46. The fraction of sp³-hybridized carbons (Fsp3) is 0.450. The molecule has 2 aliphatic heterocycles. The van der Waals surface area contributed by atoms with Crippen LogP contribution in [0.1, 0.15) is 18.2 Å². The molecule has 4 heteroatoms. The zero-order valence-electron chi connectivity index (χ0n) is 14.4. The lowest BCUT2D eigenvalue weighted by molar-refractivity contribution is 0.270. The highest BCUT2D eigenvalue weighted by Gasteiger charge is 2.22. The van der Waals surface area contributed by atoms with E-state index < -0.39 is 0 Å². The molecule has 4 rings (SSSR count). The Labute approximate surface area is 149 Å². The molecule has 3 nitrogen and oxygen atoms in total. The maximum atomic E-state index is 5.07. The van der Waals surface area contributed by atoms with Crippen molar-refractivity contribution in [2.75, 3.05) is 43.4 Å². The van der Waals surface area contributed by atoms with Crippen molar-refractivity contribution in [3.8, 4) is 11.1 Å². The Kier molecular flexibility index (Phi) is 4.76. The van der Waals surface area contributed by atoms with Crippen LogP contribution in [-0.2, 0) is 12.2 Å². The van der Waals surface area contributed by atoms with Crippen LogP contribution in [0.2, 0.25) is 0 Å². The average Bonchev–Trinajstić information content (AvgIpc) is 2.68. The van der Waals surface area contributed by atoms with E-state index in [4.69, 9.17) is 4.98 Å². The molecule has 1 aromatic heterocycles. The van der Waals surface area contributed by atoms with Gasteiger partial charge in [0.1, 0.15) is 5.82 Å². The van der Waals surface area contributed by atoms with Crippen LogP contribution in [0.5, 0.6) is 0 Å². The van der Waals surface area contributed by atoms with Crippen LogP contribution in [0.25, 0.3) is 11.1 Å². The summed E-state index contributed by atoms with van der Waals surface area (Å²) < 4.78 is 0. The number of benzene rings is 1. The Morgan fingerprint density at radius 3 is 2.62 bits per heavy atom. The monoisotopic (exact) mass is 339 g/mol. The van der Waals surface area contributed by atoms with Gasteiger partial charge in [0.15, 0.2) is 0 Å². The second-order valence-electron chi connectivity index (χ2n) is 6.54. The van der Waals surface area contributed by atoms with E-state index in [9.17, 15) is 0 Å². The van der Waals surface area contributed by atoms with Gasteiger partial charge in [0.05, 0.1) is 0 Å². The smallest absolute Gasteiger partial charge is 0.129 e. The molecule has 1 aromatic carbocycles. The van der Waals surface area contributed by atoms with Crippen LogP contribution in [0.3, 0.4) is 0 Å². The summed E-state index contributed by atoms with van der Waals surface area (Å²) in [7, 11) is 0. The van der Waals surface area contributed by atoms with Gasteiger partial charge in [0.2, 0.25) is 0 Å².